The minimum absolute atomic E-state index is 0.805. The van der Waals surface area contributed by atoms with Crippen molar-refractivity contribution in [2.75, 3.05) is 66.1 Å². The molecule has 0 saturated carbocycles. The lowest BCUT2D eigenvalue weighted by Crippen LogP contribution is -2.70. The Morgan fingerprint density at radius 3 is 0.855 bits per heavy atom. The van der Waals surface area contributed by atoms with Gasteiger partial charge in [-0.15, -0.1) is 0 Å². The van der Waals surface area contributed by atoms with Gasteiger partial charge in [-0.1, -0.05) is 0 Å². The van der Waals surface area contributed by atoms with Crippen molar-refractivity contribution < 1.29 is 253 Å². The predicted molar refractivity (Wildman–Crippen MR) is 353 cm³/mol. The minimum Gasteiger partial charge on any atom is -0.394 e. The zero-order chi connectivity index (χ0) is 85.9. The van der Waals surface area contributed by atoms with E-state index < -0.39 is 385 Å². The van der Waals surface area contributed by atoms with Gasteiger partial charge < -0.3 is 254 Å². The molecule has 50 atom stereocenters. The van der Waals surface area contributed by atoms with E-state index in [0.29, 0.717) is 0 Å². The summed E-state index contributed by atoms with van der Waals surface area (Å²) in [7, 11) is 0. The van der Waals surface area contributed by atoms with Crippen molar-refractivity contribution in [1.29, 1.82) is 0 Å². The highest BCUT2D eigenvalue weighted by Gasteiger charge is 2.61. The van der Waals surface area contributed by atoms with E-state index in [9.17, 15) is 163 Å². The number of nitrogens with one attached hydrogen (secondary N) is 2. The SMILES string of the molecule is CC(=O)N[C@H]1[C@H](O[C@H]2[C@H](O)[C@H](NC(C)=O)[C@H](O)O[C@@H]2CO)O[C@H](CO)[C@@H](O[C@@H]2O[C@H](CO[C@H]3O[C@H](CO[C@H]4O[C@H](CO)[C@@H](O)[C@H](O)[C@@H]4O[C@H]4O[C@H](CO)[C@@H](O)[C@H](O)[C@@H]4O)[C@@H](O)[C@H](O[C@H]4O[C@H](CO)[C@@H](O)[C@H](O)[C@@H]4O)[C@@H]3O)[C@@H](O)[C@H](O[C@H]3O[C@H](CO)[C@@H](O)[C@H](O)[C@@H]3O[C@H]3O[C@H](CO)[C@@H](O)[C@H](O)[C@@H]3O[C@H]3O[C@H](CO)[C@@H](O)[C@H](O)[C@@H]3O)[C@@H]2O)[C@@H]1O. The summed E-state index contributed by atoms with van der Waals surface area (Å²) >= 11 is 0. The van der Waals surface area contributed by atoms with Gasteiger partial charge in [0.05, 0.1) is 66.1 Å². The number of hydrogen-bond donors (Lipinski definition) is 32. The third-order valence-corrected chi connectivity index (χ3v) is 21.7. The fourth-order valence-electron chi connectivity index (χ4n) is 15.0. The summed E-state index contributed by atoms with van der Waals surface area (Å²) in [5, 5.41) is 336. The highest BCUT2D eigenvalue weighted by Crippen LogP contribution is 2.41. The summed E-state index contributed by atoms with van der Waals surface area (Å²) in [6.45, 7) is -9.28. The molecule has 10 rings (SSSR count). The lowest BCUT2D eigenvalue weighted by molar-refractivity contribution is -0.408. The minimum atomic E-state index is -2.64. The van der Waals surface area contributed by atoms with Gasteiger partial charge in [0, 0.05) is 13.8 Å². The van der Waals surface area contributed by atoms with Crippen LogP contribution in [0.5, 0.6) is 0 Å². The van der Waals surface area contributed by atoms with Crippen LogP contribution in [0.1, 0.15) is 13.8 Å². The van der Waals surface area contributed by atoms with Crippen molar-refractivity contribution in [3.05, 3.63) is 0 Å². The topological polar surface area (TPSA) is 840 Å². The molecular weight excluding hydrogens is 1610 g/mol. The van der Waals surface area contributed by atoms with Crippen LogP contribution in [0.15, 0.2) is 0 Å². The second-order valence-corrected chi connectivity index (χ2v) is 29.5. The largest absolute Gasteiger partial charge is 0.394 e. The number of aliphatic hydroxyl groups excluding tert-OH is 30. The number of carbonyl (C=O) groups is 2. The van der Waals surface area contributed by atoms with Gasteiger partial charge in [0.2, 0.25) is 11.8 Å². The molecule has 0 aromatic carbocycles. The zero-order valence-corrected chi connectivity index (χ0v) is 61.9. The van der Waals surface area contributed by atoms with Gasteiger partial charge in [-0.25, -0.2) is 0 Å². The fraction of sp³-hybridized carbons (Fsp3) is 0.969. The van der Waals surface area contributed by atoms with Crippen LogP contribution in [0.2, 0.25) is 0 Å². The summed E-state index contributed by atoms with van der Waals surface area (Å²) in [4.78, 5) is 25.2. The second-order valence-electron chi connectivity index (χ2n) is 29.5. The Labute approximate surface area is 660 Å². The summed E-state index contributed by atoms with van der Waals surface area (Å²) < 4.78 is 111. The van der Waals surface area contributed by atoms with Crippen molar-refractivity contribution in [3.63, 3.8) is 0 Å². The number of amides is 2. The average molecular weight is 1720 g/mol. The summed E-state index contributed by atoms with van der Waals surface area (Å²) in [5.74, 6) is -1.78. The molecule has 10 saturated heterocycles. The molecule has 2 amide bonds. The molecule has 10 heterocycles. The van der Waals surface area contributed by atoms with E-state index in [1.165, 1.54) is 0 Å². The van der Waals surface area contributed by atoms with Crippen molar-refractivity contribution in [3.8, 4) is 0 Å². The lowest BCUT2D eigenvalue weighted by atomic mass is 9.94. The Bertz CT molecular complexity index is 3050. The highest BCUT2D eigenvalue weighted by atomic mass is 16.8. The first-order valence-corrected chi connectivity index (χ1v) is 37.2. The first-order valence-electron chi connectivity index (χ1n) is 37.2. The van der Waals surface area contributed by atoms with Gasteiger partial charge in [0.25, 0.3) is 0 Å². The van der Waals surface area contributed by atoms with Crippen LogP contribution < -0.4 is 10.6 Å². The van der Waals surface area contributed by atoms with E-state index in [1.54, 1.807) is 0 Å². The molecule has 0 aromatic rings. The van der Waals surface area contributed by atoms with Crippen LogP contribution in [-0.4, -0.2) is 538 Å². The van der Waals surface area contributed by atoms with E-state index in [1.807, 2.05) is 0 Å². The number of aliphatic hydroxyl groups is 30. The number of rotatable bonds is 30. The van der Waals surface area contributed by atoms with Crippen molar-refractivity contribution in [2.24, 2.45) is 0 Å². The standard InChI is InChI=1S/C64H108N2O51/c1-13(75)65-25-35(85)48(21(9-73)101-55(25)98)111-56-26(66-14(2)76)36(86)49(22(10-74)108-56)112-61-47(97)51(114-63-54(42(92)32(82)19(7-71)106-63)117-64-53(41(91)31(81)20(8-72)107-64)116-60-45(95)39(89)29(79)17(5-69)104-60)34(84)24(110-61)11-99-57-46(96)50(113-58-43(93)37(87)27(77)15(3-67)102-58)33(83)23(109-57)12-100-62-52(40(90)30(80)18(6-70)105-62)115-59-44(94)38(88)28(78)16(4-68)103-59/h15-64,67-74,77-98H,3-12H2,1-2H3,(H,65,75)(H,66,76)/t15-,16-,17-,18-,19-,20-,21-,22-,23-,24-,25+,26-,27-,28-,29-,30-,31-,32-,33-,34-,35-,36-,37+,38+,39+,40+,41+,42+,43+,44+,45+,46+,47+,48-,49-,50+,51+,52+,53+,54+,55-,56+,57+,58-,59-,60-,61+,62+,63-,64-/m1/s1. The van der Waals surface area contributed by atoms with Crippen LogP contribution in [0, 0.1) is 0 Å². The van der Waals surface area contributed by atoms with Crippen molar-refractivity contribution >= 4 is 11.8 Å². The fourth-order valence-corrected chi connectivity index (χ4v) is 15.0. The lowest BCUT2D eigenvalue weighted by Gasteiger charge is -2.51. The Hall–Kier alpha value is -3.02. The van der Waals surface area contributed by atoms with Gasteiger partial charge in [0.15, 0.2) is 62.9 Å². The molecule has 0 spiro atoms. The maximum atomic E-state index is 13.0. The van der Waals surface area contributed by atoms with Gasteiger partial charge in [-0.3, -0.25) is 9.59 Å². The molecule has 680 valence electrons. The van der Waals surface area contributed by atoms with E-state index >= 15 is 0 Å². The van der Waals surface area contributed by atoms with Crippen LogP contribution in [0.3, 0.4) is 0 Å². The van der Waals surface area contributed by atoms with Gasteiger partial charge in [-0.05, 0) is 0 Å². The van der Waals surface area contributed by atoms with Gasteiger partial charge in [-0.2, -0.15) is 0 Å². The van der Waals surface area contributed by atoms with Crippen LogP contribution >= 0.6 is 0 Å². The zero-order valence-electron chi connectivity index (χ0n) is 61.9. The number of ether oxygens (including phenoxy) is 19. The maximum Gasteiger partial charge on any atom is 0.217 e. The molecule has 53 heteroatoms. The maximum absolute atomic E-state index is 13.0. The van der Waals surface area contributed by atoms with Crippen LogP contribution in [0.25, 0.3) is 0 Å². The monoisotopic (exact) mass is 1720 g/mol. The molecule has 0 aliphatic carbocycles. The highest BCUT2D eigenvalue weighted by molar-refractivity contribution is 5.73. The van der Waals surface area contributed by atoms with Crippen molar-refractivity contribution in [2.45, 2.75) is 321 Å². The molecule has 0 radical (unpaired) electrons. The quantitative estimate of drug-likeness (QED) is 0.0318. The third kappa shape index (κ3) is 20.7. The Balaban J connectivity index is 0.996. The Kier molecular flexibility index (Phi) is 34.4. The Morgan fingerprint density at radius 1 is 0.222 bits per heavy atom. The molecule has 10 aliphatic rings. The summed E-state index contributed by atoms with van der Waals surface area (Å²) in [5.41, 5.74) is 0. The smallest absolute Gasteiger partial charge is 0.217 e. The van der Waals surface area contributed by atoms with E-state index in [0.717, 1.165) is 13.8 Å². The molecule has 0 unspecified atom stereocenters. The molecule has 53 nitrogen and oxygen atoms in total. The molecule has 117 heavy (non-hydrogen) atoms. The molecule has 32 N–H and O–H groups in total. The molecular formula is C64H108N2O51. The summed E-state index contributed by atoms with van der Waals surface area (Å²) in [6.07, 6.45) is -104. The van der Waals surface area contributed by atoms with Gasteiger partial charge >= 0.3 is 0 Å². The van der Waals surface area contributed by atoms with E-state index in [2.05, 4.69) is 10.6 Å². The first kappa shape index (κ1) is 96.2. The third-order valence-electron chi connectivity index (χ3n) is 21.7. The average Bonchev–Trinajstić information content (AvgIpc) is 0.766. The van der Waals surface area contributed by atoms with E-state index in [4.69, 9.17) is 90.0 Å². The van der Waals surface area contributed by atoms with Crippen LogP contribution in [0.4, 0.5) is 0 Å². The predicted octanol–water partition coefficient (Wildman–Crippen LogP) is -22.5. The second kappa shape index (κ2) is 41.9. The number of carbonyl (C=O) groups excluding carboxylic acids is 2. The first-order chi connectivity index (χ1) is 55.4. The molecule has 0 aromatic heterocycles. The van der Waals surface area contributed by atoms with Crippen molar-refractivity contribution in [1.82, 2.24) is 10.6 Å². The van der Waals surface area contributed by atoms with Gasteiger partial charge in [0.1, 0.15) is 244 Å². The molecule has 0 bridgehead atoms. The number of hydrogen-bond acceptors (Lipinski definition) is 51. The Morgan fingerprint density at radius 2 is 0.470 bits per heavy atom. The van der Waals surface area contributed by atoms with E-state index in [-0.39, 0.29) is 0 Å². The molecule has 10 fully saturated rings. The molecule has 10 aliphatic heterocycles. The summed E-state index contributed by atoms with van der Waals surface area (Å²) in [6, 6.07) is -3.64. The normalized spacial score (nSPS) is 51.5. The van der Waals surface area contributed by atoms with Crippen LogP contribution in [-0.2, 0) is 99.6 Å².